The summed E-state index contributed by atoms with van der Waals surface area (Å²) in [6.45, 7) is 1.59. The number of carboxylic acid groups (broad SMARTS) is 1. The zero-order chi connectivity index (χ0) is 20.3. The molecule has 2 aromatic rings. The Hall–Kier alpha value is -3.23. The lowest BCUT2D eigenvalue weighted by Crippen LogP contribution is -2.65. The number of fused-ring (bicyclic) bond motifs is 4. The van der Waals surface area contributed by atoms with E-state index < -0.39 is 35.5 Å². The van der Waals surface area contributed by atoms with Gasteiger partial charge in [0.15, 0.2) is 5.72 Å². The maximum atomic E-state index is 13.1. The normalized spacial score (nSPS) is 23.5. The predicted molar refractivity (Wildman–Crippen MR) is 92.2 cm³/mol. The molecule has 2 bridgehead atoms. The Morgan fingerprint density at radius 3 is 2.71 bits per heavy atom. The van der Waals surface area contributed by atoms with Crippen molar-refractivity contribution in [2.75, 3.05) is 4.90 Å². The molecule has 4 rings (SSSR count). The van der Waals surface area contributed by atoms with Gasteiger partial charge in [0, 0.05) is 12.0 Å². The highest BCUT2D eigenvalue weighted by molar-refractivity contribution is 5.97. The SMILES string of the molecule is CC12CC(NC(=O)N1c1cccc(C(=O)O)c1)c1ccc(C(F)(F)F)cc1O2. The van der Waals surface area contributed by atoms with E-state index in [2.05, 4.69) is 5.32 Å². The number of carbonyl (C=O) groups excluding carboxylic acids is 1. The van der Waals surface area contributed by atoms with Crippen molar-refractivity contribution in [2.24, 2.45) is 0 Å². The fourth-order valence-electron chi connectivity index (χ4n) is 3.72. The number of urea groups is 1. The van der Waals surface area contributed by atoms with Crippen molar-refractivity contribution in [3.05, 3.63) is 59.2 Å². The number of amides is 2. The summed E-state index contributed by atoms with van der Waals surface area (Å²) in [5.41, 5.74) is -1.40. The molecule has 146 valence electrons. The summed E-state index contributed by atoms with van der Waals surface area (Å²) in [6.07, 6.45) is -4.24. The van der Waals surface area contributed by atoms with E-state index in [4.69, 9.17) is 4.74 Å². The van der Waals surface area contributed by atoms with Crippen LogP contribution in [0.15, 0.2) is 42.5 Å². The van der Waals surface area contributed by atoms with Gasteiger partial charge >= 0.3 is 18.2 Å². The summed E-state index contributed by atoms with van der Waals surface area (Å²) in [6, 6.07) is 7.88. The lowest BCUT2D eigenvalue weighted by Gasteiger charge is -2.50. The highest BCUT2D eigenvalue weighted by Crippen LogP contribution is 2.47. The van der Waals surface area contributed by atoms with Gasteiger partial charge in [-0.1, -0.05) is 12.1 Å². The maximum absolute atomic E-state index is 13.1. The molecule has 2 amide bonds. The quantitative estimate of drug-likeness (QED) is 0.804. The number of rotatable bonds is 2. The minimum absolute atomic E-state index is 0.0217. The zero-order valence-corrected chi connectivity index (χ0v) is 14.6. The van der Waals surface area contributed by atoms with Crippen LogP contribution in [-0.4, -0.2) is 22.8 Å². The van der Waals surface area contributed by atoms with E-state index in [1.807, 2.05) is 0 Å². The van der Waals surface area contributed by atoms with Gasteiger partial charge in [0.2, 0.25) is 0 Å². The van der Waals surface area contributed by atoms with Gasteiger partial charge in [0.05, 0.1) is 22.9 Å². The Kier molecular flexibility index (Phi) is 3.81. The van der Waals surface area contributed by atoms with Crippen LogP contribution in [0.5, 0.6) is 5.75 Å². The first-order chi connectivity index (χ1) is 13.1. The Balaban J connectivity index is 1.78. The first kappa shape index (κ1) is 18.1. The van der Waals surface area contributed by atoms with Gasteiger partial charge in [-0.2, -0.15) is 13.2 Å². The molecule has 1 fully saturated rings. The molecule has 2 unspecified atom stereocenters. The van der Waals surface area contributed by atoms with E-state index in [-0.39, 0.29) is 23.4 Å². The van der Waals surface area contributed by atoms with Crippen molar-refractivity contribution in [1.29, 1.82) is 0 Å². The third-order valence-electron chi connectivity index (χ3n) is 4.95. The largest absolute Gasteiger partial charge is 0.478 e. The van der Waals surface area contributed by atoms with E-state index >= 15 is 0 Å². The summed E-state index contributed by atoms with van der Waals surface area (Å²) >= 11 is 0. The average molecular weight is 392 g/mol. The van der Waals surface area contributed by atoms with Gasteiger partial charge in [-0.25, -0.2) is 9.59 Å². The topological polar surface area (TPSA) is 78.9 Å². The van der Waals surface area contributed by atoms with Crippen LogP contribution in [0.3, 0.4) is 0 Å². The average Bonchev–Trinajstić information content (AvgIpc) is 2.59. The van der Waals surface area contributed by atoms with E-state index in [1.54, 1.807) is 13.0 Å². The molecule has 2 N–H and O–H groups in total. The van der Waals surface area contributed by atoms with Gasteiger partial charge in [0.25, 0.3) is 0 Å². The van der Waals surface area contributed by atoms with Crippen molar-refractivity contribution in [3.8, 4) is 5.75 Å². The molecular weight excluding hydrogens is 377 g/mol. The molecule has 2 aliphatic rings. The highest BCUT2D eigenvalue weighted by atomic mass is 19.4. The van der Waals surface area contributed by atoms with Gasteiger partial charge in [0.1, 0.15) is 5.75 Å². The fourth-order valence-corrected chi connectivity index (χ4v) is 3.72. The molecule has 2 atom stereocenters. The molecule has 28 heavy (non-hydrogen) atoms. The standard InChI is InChI=1S/C19H15F3N2O4/c1-18-9-14(13-6-5-11(19(20,21)22)8-15(13)28-18)23-17(27)24(18)12-4-2-3-10(7-12)16(25)26/h2-8,14H,9H2,1H3,(H,23,27)(H,25,26). The number of benzene rings is 2. The smallest absolute Gasteiger partial charge is 0.416 e. The second-order valence-electron chi connectivity index (χ2n) is 6.92. The Bertz CT molecular complexity index is 991. The van der Waals surface area contributed by atoms with Crippen LogP contribution >= 0.6 is 0 Å². The van der Waals surface area contributed by atoms with Crippen LogP contribution in [0, 0.1) is 0 Å². The monoisotopic (exact) mass is 392 g/mol. The number of ether oxygens (including phenoxy) is 1. The van der Waals surface area contributed by atoms with Gasteiger partial charge in [-0.05, 0) is 37.3 Å². The summed E-state index contributed by atoms with van der Waals surface area (Å²) in [7, 11) is 0. The zero-order valence-electron chi connectivity index (χ0n) is 14.6. The maximum Gasteiger partial charge on any atom is 0.416 e. The Labute approximate surface area is 157 Å². The molecule has 1 saturated heterocycles. The minimum Gasteiger partial charge on any atom is -0.478 e. The number of carboxylic acids is 1. The highest BCUT2D eigenvalue weighted by Gasteiger charge is 2.50. The number of alkyl halides is 3. The Morgan fingerprint density at radius 2 is 2.04 bits per heavy atom. The van der Waals surface area contributed by atoms with Crippen LogP contribution in [0.25, 0.3) is 0 Å². The molecule has 6 nitrogen and oxygen atoms in total. The number of nitrogens with zero attached hydrogens (tertiary/aromatic N) is 1. The lowest BCUT2D eigenvalue weighted by molar-refractivity contribution is -0.137. The van der Waals surface area contributed by atoms with Gasteiger partial charge in [-0.3, -0.25) is 4.90 Å². The fraction of sp³-hybridized carbons (Fsp3) is 0.263. The molecule has 2 aromatic carbocycles. The third kappa shape index (κ3) is 2.83. The summed E-state index contributed by atoms with van der Waals surface area (Å²) in [5, 5.41) is 12.0. The summed E-state index contributed by atoms with van der Waals surface area (Å²) < 4.78 is 45.1. The number of hydrogen-bond donors (Lipinski definition) is 2. The molecule has 0 spiro atoms. The first-order valence-electron chi connectivity index (χ1n) is 8.43. The van der Waals surface area contributed by atoms with Crippen molar-refractivity contribution < 1.29 is 32.6 Å². The second kappa shape index (κ2) is 5.88. The minimum atomic E-state index is -4.52. The number of aromatic carboxylic acids is 1. The van der Waals surface area contributed by atoms with Crippen molar-refractivity contribution in [1.82, 2.24) is 5.32 Å². The van der Waals surface area contributed by atoms with Crippen LogP contribution in [-0.2, 0) is 6.18 Å². The number of nitrogens with one attached hydrogen (secondary N) is 1. The van der Waals surface area contributed by atoms with E-state index in [0.29, 0.717) is 5.56 Å². The van der Waals surface area contributed by atoms with Crippen molar-refractivity contribution in [3.63, 3.8) is 0 Å². The van der Waals surface area contributed by atoms with E-state index in [1.165, 1.54) is 29.2 Å². The van der Waals surface area contributed by atoms with Gasteiger partial charge < -0.3 is 15.2 Å². The van der Waals surface area contributed by atoms with Crippen molar-refractivity contribution >= 4 is 17.7 Å². The summed E-state index contributed by atoms with van der Waals surface area (Å²) in [5.74, 6) is -1.13. The molecular formula is C19H15F3N2O4. The second-order valence-corrected chi connectivity index (χ2v) is 6.92. The van der Waals surface area contributed by atoms with Crippen LogP contribution in [0.1, 0.15) is 40.9 Å². The Morgan fingerprint density at radius 1 is 1.29 bits per heavy atom. The third-order valence-corrected chi connectivity index (χ3v) is 4.95. The molecule has 0 aliphatic carbocycles. The van der Waals surface area contributed by atoms with Crippen LogP contribution in [0.4, 0.5) is 23.7 Å². The molecule has 9 heteroatoms. The predicted octanol–water partition coefficient (Wildman–Crippen LogP) is 4.17. The summed E-state index contributed by atoms with van der Waals surface area (Å²) in [4.78, 5) is 25.2. The van der Waals surface area contributed by atoms with Gasteiger partial charge in [-0.15, -0.1) is 0 Å². The molecule has 2 aliphatic heterocycles. The van der Waals surface area contributed by atoms with E-state index in [9.17, 15) is 27.9 Å². The molecule has 0 saturated carbocycles. The number of hydrogen-bond acceptors (Lipinski definition) is 3. The van der Waals surface area contributed by atoms with E-state index in [0.717, 1.165) is 12.1 Å². The number of carbonyl (C=O) groups is 2. The molecule has 0 radical (unpaired) electrons. The molecule has 2 heterocycles. The first-order valence-corrected chi connectivity index (χ1v) is 8.43. The molecule has 0 aromatic heterocycles. The van der Waals surface area contributed by atoms with Crippen LogP contribution < -0.4 is 15.0 Å². The number of anilines is 1. The van der Waals surface area contributed by atoms with Crippen LogP contribution in [0.2, 0.25) is 0 Å². The van der Waals surface area contributed by atoms with Crippen molar-refractivity contribution in [2.45, 2.75) is 31.3 Å². The number of halogens is 3. The lowest BCUT2D eigenvalue weighted by atomic mass is 9.89.